The van der Waals surface area contributed by atoms with Crippen molar-refractivity contribution < 1.29 is 9.21 Å². The lowest BCUT2D eigenvalue weighted by molar-refractivity contribution is 0.0998. The first kappa shape index (κ1) is 15.1. The number of amides is 1. The second-order valence-corrected chi connectivity index (χ2v) is 6.41. The van der Waals surface area contributed by atoms with Crippen molar-refractivity contribution in [1.29, 1.82) is 0 Å². The van der Waals surface area contributed by atoms with Crippen LogP contribution in [-0.2, 0) is 0 Å². The van der Waals surface area contributed by atoms with Gasteiger partial charge in [-0.15, -0.1) is 0 Å². The van der Waals surface area contributed by atoms with Crippen molar-refractivity contribution in [2.45, 2.75) is 13.8 Å². The van der Waals surface area contributed by atoms with Gasteiger partial charge >= 0.3 is 0 Å². The van der Waals surface area contributed by atoms with Gasteiger partial charge in [0.15, 0.2) is 11.3 Å². The van der Waals surface area contributed by atoms with Crippen LogP contribution in [0, 0.1) is 13.8 Å². The zero-order valence-electron chi connectivity index (χ0n) is 12.0. The number of benzene rings is 2. The van der Waals surface area contributed by atoms with Gasteiger partial charge in [-0.05, 0) is 43.7 Å². The number of hydrogen-bond donors (Lipinski definition) is 1. The third-order valence-corrected chi connectivity index (χ3v) is 4.35. The van der Waals surface area contributed by atoms with E-state index in [4.69, 9.17) is 16.0 Å². The predicted molar refractivity (Wildman–Crippen MR) is 92.8 cm³/mol. The molecule has 0 aliphatic rings. The first-order chi connectivity index (χ1) is 10.5. The quantitative estimate of drug-likeness (QED) is 0.620. The molecule has 1 heterocycles. The number of aryl methyl sites for hydroxylation is 2. The fourth-order valence-corrected chi connectivity index (χ4v) is 3.06. The number of nitrogens with one attached hydrogen (secondary N) is 1. The van der Waals surface area contributed by atoms with Crippen molar-refractivity contribution in [3.05, 3.63) is 62.8 Å². The molecule has 2 aromatic carbocycles. The predicted octanol–water partition coefficient (Wildman–Crippen LogP) is 5.72. The minimum absolute atomic E-state index is 0.282. The molecule has 3 aromatic rings. The van der Waals surface area contributed by atoms with Gasteiger partial charge < -0.3 is 9.73 Å². The molecule has 0 unspecified atom stereocenters. The Kier molecular flexibility index (Phi) is 3.98. The molecule has 1 N–H and O–H groups in total. The number of carbonyl (C=O) groups excluding carboxylic acids is 1. The molecule has 112 valence electrons. The molecule has 1 amide bonds. The van der Waals surface area contributed by atoms with Crippen molar-refractivity contribution in [1.82, 2.24) is 0 Å². The summed E-state index contributed by atoms with van der Waals surface area (Å²) >= 11 is 9.52. The van der Waals surface area contributed by atoms with Gasteiger partial charge in [-0.25, -0.2) is 0 Å². The van der Waals surface area contributed by atoms with Crippen LogP contribution in [0.15, 0.2) is 45.3 Å². The van der Waals surface area contributed by atoms with E-state index in [1.165, 1.54) is 0 Å². The van der Waals surface area contributed by atoms with Crippen molar-refractivity contribution in [2.24, 2.45) is 0 Å². The van der Waals surface area contributed by atoms with Gasteiger partial charge in [0.05, 0.1) is 5.02 Å². The smallest absolute Gasteiger partial charge is 0.291 e. The van der Waals surface area contributed by atoms with Gasteiger partial charge in [0.1, 0.15) is 0 Å². The summed E-state index contributed by atoms with van der Waals surface area (Å²) in [4.78, 5) is 12.5. The Balaban J connectivity index is 1.99. The second-order valence-electron chi connectivity index (χ2n) is 5.09. The lowest BCUT2D eigenvalue weighted by Gasteiger charge is -2.07. The first-order valence-corrected chi connectivity index (χ1v) is 7.89. The van der Waals surface area contributed by atoms with Crippen LogP contribution in [0.3, 0.4) is 0 Å². The van der Waals surface area contributed by atoms with E-state index < -0.39 is 0 Å². The molecule has 0 spiro atoms. The molecular formula is C17H13BrClNO2. The Morgan fingerprint density at radius 2 is 2.00 bits per heavy atom. The maximum absolute atomic E-state index is 12.5. The molecule has 5 heteroatoms. The average Bonchev–Trinajstić information content (AvgIpc) is 2.81. The van der Waals surface area contributed by atoms with E-state index in [1.807, 2.05) is 44.2 Å². The highest BCUT2D eigenvalue weighted by Crippen LogP contribution is 2.31. The standard InChI is InChI=1S/C17H13BrClNO2/c1-9-8-11(18)6-7-14(9)20-17(21)15-10(2)12-4-3-5-13(19)16(12)22-15/h3-8H,1-2H3,(H,20,21). The molecule has 22 heavy (non-hydrogen) atoms. The van der Waals surface area contributed by atoms with Crippen LogP contribution >= 0.6 is 27.5 Å². The van der Waals surface area contributed by atoms with Crippen LogP contribution in [0.4, 0.5) is 5.69 Å². The SMILES string of the molecule is Cc1cc(Br)ccc1NC(=O)c1oc2c(Cl)cccc2c1C. The Morgan fingerprint density at radius 1 is 1.23 bits per heavy atom. The lowest BCUT2D eigenvalue weighted by atomic mass is 10.1. The molecule has 0 aliphatic carbocycles. The first-order valence-electron chi connectivity index (χ1n) is 6.72. The molecule has 3 rings (SSSR count). The molecule has 1 aromatic heterocycles. The molecule has 0 bridgehead atoms. The zero-order valence-corrected chi connectivity index (χ0v) is 14.4. The minimum Gasteiger partial charge on any atom is -0.449 e. The van der Waals surface area contributed by atoms with Crippen LogP contribution in [0.1, 0.15) is 21.7 Å². The summed E-state index contributed by atoms with van der Waals surface area (Å²) in [6, 6.07) is 11.1. The number of carbonyl (C=O) groups is 1. The molecule has 0 saturated carbocycles. The average molecular weight is 379 g/mol. The Morgan fingerprint density at radius 3 is 2.68 bits per heavy atom. The van der Waals surface area contributed by atoms with Gasteiger partial charge in [0, 0.05) is 21.1 Å². The van der Waals surface area contributed by atoms with Crippen molar-refractivity contribution in [3.8, 4) is 0 Å². The molecule has 0 radical (unpaired) electrons. The number of rotatable bonds is 2. The minimum atomic E-state index is -0.282. The monoisotopic (exact) mass is 377 g/mol. The largest absolute Gasteiger partial charge is 0.449 e. The second kappa shape index (κ2) is 5.78. The summed E-state index contributed by atoms with van der Waals surface area (Å²) in [5, 5.41) is 4.23. The van der Waals surface area contributed by atoms with E-state index >= 15 is 0 Å². The summed E-state index contributed by atoms with van der Waals surface area (Å²) < 4.78 is 6.64. The lowest BCUT2D eigenvalue weighted by Crippen LogP contribution is -2.13. The van der Waals surface area contributed by atoms with Crippen LogP contribution in [0.25, 0.3) is 11.0 Å². The number of furan rings is 1. The van der Waals surface area contributed by atoms with Gasteiger partial charge in [-0.2, -0.15) is 0 Å². The Bertz CT molecular complexity index is 886. The molecule has 0 fully saturated rings. The van der Waals surface area contributed by atoms with E-state index in [-0.39, 0.29) is 11.7 Å². The number of fused-ring (bicyclic) bond motifs is 1. The van der Waals surface area contributed by atoms with Gasteiger partial charge in [-0.1, -0.05) is 39.7 Å². The van der Waals surface area contributed by atoms with E-state index in [2.05, 4.69) is 21.2 Å². The molecule has 0 aliphatic heterocycles. The number of halogens is 2. The van der Waals surface area contributed by atoms with E-state index in [0.29, 0.717) is 10.6 Å². The van der Waals surface area contributed by atoms with Crippen molar-refractivity contribution in [2.75, 3.05) is 5.32 Å². The molecule has 3 nitrogen and oxygen atoms in total. The highest BCUT2D eigenvalue weighted by atomic mass is 79.9. The fraction of sp³-hybridized carbons (Fsp3) is 0.118. The fourth-order valence-electron chi connectivity index (χ4n) is 2.37. The highest BCUT2D eigenvalue weighted by molar-refractivity contribution is 9.10. The Hall–Kier alpha value is -1.78. The van der Waals surface area contributed by atoms with Gasteiger partial charge in [0.2, 0.25) is 0 Å². The third-order valence-electron chi connectivity index (χ3n) is 3.56. The number of anilines is 1. The van der Waals surface area contributed by atoms with Gasteiger partial charge in [-0.3, -0.25) is 4.79 Å². The normalized spacial score (nSPS) is 10.9. The van der Waals surface area contributed by atoms with Crippen molar-refractivity contribution >= 4 is 50.1 Å². The topological polar surface area (TPSA) is 42.2 Å². The highest BCUT2D eigenvalue weighted by Gasteiger charge is 2.19. The van der Waals surface area contributed by atoms with E-state index in [9.17, 15) is 4.79 Å². The summed E-state index contributed by atoms with van der Waals surface area (Å²) in [7, 11) is 0. The maximum Gasteiger partial charge on any atom is 0.291 e. The maximum atomic E-state index is 12.5. The molecular weight excluding hydrogens is 366 g/mol. The third kappa shape index (κ3) is 2.64. The van der Waals surface area contributed by atoms with Crippen LogP contribution < -0.4 is 5.32 Å². The van der Waals surface area contributed by atoms with Crippen LogP contribution in [0.2, 0.25) is 5.02 Å². The number of para-hydroxylation sites is 1. The summed E-state index contributed by atoms with van der Waals surface area (Å²) in [6.45, 7) is 3.79. The van der Waals surface area contributed by atoms with Crippen LogP contribution in [-0.4, -0.2) is 5.91 Å². The molecule has 0 saturated heterocycles. The zero-order chi connectivity index (χ0) is 15.9. The van der Waals surface area contributed by atoms with E-state index in [0.717, 1.165) is 26.7 Å². The summed E-state index contributed by atoms with van der Waals surface area (Å²) in [5.74, 6) is 0.000563. The van der Waals surface area contributed by atoms with Crippen LogP contribution in [0.5, 0.6) is 0 Å². The summed E-state index contributed by atoms with van der Waals surface area (Å²) in [6.07, 6.45) is 0. The summed E-state index contributed by atoms with van der Waals surface area (Å²) in [5.41, 5.74) is 3.04. The van der Waals surface area contributed by atoms with Crippen molar-refractivity contribution in [3.63, 3.8) is 0 Å². The van der Waals surface area contributed by atoms with E-state index in [1.54, 1.807) is 6.07 Å². The molecule has 0 atom stereocenters. The van der Waals surface area contributed by atoms with Gasteiger partial charge in [0.25, 0.3) is 5.91 Å². The Labute approximate surface area is 141 Å². The number of hydrogen-bond acceptors (Lipinski definition) is 2.